The number of nitrogens with zero attached hydrogens (tertiary/aromatic N) is 3. The summed E-state index contributed by atoms with van der Waals surface area (Å²) in [5.41, 5.74) is 19.5. The van der Waals surface area contributed by atoms with Gasteiger partial charge in [0.25, 0.3) is 0 Å². The summed E-state index contributed by atoms with van der Waals surface area (Å²) in [5.74, 6) is 0.182. The number of rotatable bonds is 11. The summed E-state index contributed by atoms with van der Waals surface area (Å²) in [6, 6.07) is 67.7. The first-order valence-electron chi connectivity index (χ1n) is 25.4. The summed E-state index contributed by atoms with van der Waals surface area (Å²) in [7, 11) is 0. The molecule has 0 aliphatic carbocycles. The van der Waals surface area contributed by atoms with Crippen LogP contribution in [0.25, 0.3) is 95.0 Å². The minimum absolute atomic E-state index is 0. The molecule has 8 aromatic carbocycles. The van der Waals surface area contributed by atoms with Gasteiger partial charge < -0.3 is 5.11 Å². The van der Waals surface area contributed by atoms with Crippen molar-refractivity contribution < 1.29 is 27.5 Å². The predicted molar refractivity (Wildman–Crippen MR) is 298 cm³/mol. The molecule has 4 nitrogen and oxygen atoms in total. The number of hydrogen-bond acceptors (Lipinski definition) is 3. The van der Waals surface area contributed by atoms with Gasteiger partial charge in [-0.15, -0.1) is 23.8 Å². The third-order valence-corrected chi connectivity index (χ3v) is 13.8. The monoisotopic (exact) mass is 1120 g/mol. The summed E-state index contributed by atoms with van der Waals surface area (Å²) in [6.07, 6.45) is 1.88. The van der Waals surface area contributed by atoms with E-state index < -0.39 is 5.89 Å². The van der Waals surface area contributed by atoms with Crippen LogP contribution >= 0.6 is 0 Å². The second kappa shape index (κ2) is 20.5. The average Bonchev–Trinajstić information content (AvgIpc) is 3.78. The molecule has 0 amide bonds. The molecule has 10 rings (SSSR count). The molecule has 10 aromatic rings. The van der Waals surface area contributed by atoms with Crippen molar-refractivity contribution in [2.45, 2.75) is 85.5 Å². The fourth-order valence-electron chi connectivity index (χ4n) is 9.97. The number of aromatic nitrogens is 3. The van der Waals surface area contributed by atoms with E-state index in [1.165, 1.54) is 16.7 Å². The van der Waals surface area contributed by atoms with Gasteiger partial charge in [-0.1, -0.05) is 219 Å². The van der Waals surface area contributed by atoms with Crippen LogP contribution in [0.15, 0.2) is 188 Å². The minimum Gasteiger partial charge on any atom is -0.507 e. The maximum atomic E-state index is 12.4. The molecule has 0 saturated heterocycles. The third-order valence-electron chi connectivity index (χ3n) is 13.8. The topological polar surface area (TPSA) is 50.9 Å². The van der Waals surface area contributed by atoms with Crippen LogP contribution in [0.4, 0.5) is 0 Å². The van der Waals surface area contributed by atoms with Gasteiger partial charge in [0.1, 0.15) is 11.6 Å². The van der Waals surface area contributed by atoms with Crippen molar-refractivity contribution in [2.75, 3.05) is 0 Å². The zero-order valence-corrected chi connectivity index (χ0v) is 44.9. The zero-order valence-electron chi connectivity index (χ0n) is 43.7. The van der Waals surface area contributed by atoms with Gasteiger partial charge in [0.15, 0.2) is 0 Å². The number of aromatic hydroxyl groups is 1. The molecule has 1 N–H and O–H groups in total. The largest absolute Gasteiger partial charge is 0.507 e. The van der Waals surface area contributed by atoms with Gasteiger partial charge >= 0.3 is 0 Å². The fraction of sp³-hybridized carbons (Fsp3) is 0.194. The molecular formula is C67H62N3OPt-. The Morgan fingerprint density at radius 2 is 1.14 bits per heavy atom. The Balaban J connectivity index is 0.00000656. The van der Waals surface area contributed by atoms with Gasteiger partial charge in [-0.05, 0) is 115 Å². The van der Waals surface area contributed by atoms with Gasteiger partial charge in [-0.2, -0.15) is 0 Å². The molecule has 362 valence electrons. The molecule has 0 unspecified atom stereocenters. The molecule has 0 atom stereocenters. The second-order valence-electron chi connectivity index (χ2n) is 20.7. The van der Waals surface area contributed by atoms with Crippen molar-refractivity contribution >= 4 is 11.0 Å². The Hall–Kier alpha value is -7.13. The zero-order chi connectivity index (χ0) is 50.5. The van der Waals surface area contributed by atoms with E-state index in [9.17, 15) is 6.48 Å². The van der Waals surface area contributed by atoms with Crippen LogP contribution in [0.2, 0.25) is 0 Å². The van der Waals surface area contributed by atoms with Crippen LogP contribution < -0.4 is 0 Å². The van der Waals surface area contributed by atoms with E-state index >= 15 is 0 Å². The van der Waals surface area contributed by atoms with E-state index in [0.717, 1.165) is 89.2 Å². The van der Waals surface area contributed by atoms with Gasteiger partial charge in [0.05, 0.1) is 16.6 Å². The quantitative estimate of drug-likeness (QED) is 0.131. The van der Waals surface area contributed by atoms with Crippen molar-refractivity contribution in [2.24, 2.45) is 0 Å². The number of imidazole rings is 1. The number of pyridine rings is 1. The molecule has 0 bridgehead atoms. The Bertz CT molecular complexity index is 3600. The maximum Gasteiger partial charge on any atom is 0.148 e. The van der Waals surface area contributed by atoms with Gasteiger partial charge in [0, 0.05) is 40.0 Å². The summed E-state index contributed by atoms with van der Waals surface area (Å²) in [6.45, 7) is 19.3. The van der Waals surface area contributed by atoms with Gasteiger partial charge in [0.2, 0.25) is 0 Å². The number of hydrogen-bond donors (Lipinski definition) is 1. The Kier molecular flexibility index (Phi) is 13.8. The normalized spacial score (nSPS) is 12.1. The molecule has 0 radical (unpaired) electrons. The summed E-state index contributed by atoms with van der Waals surface area (Å²) >= 11 is 0. The molecule has 0 spiro atoms. The van der Waals surface area contributed by atoms with Gasteiger partial charge in [-0.3, -0.25) is 9.55 Å². The Morgan fingerprint density at radius 1 is 0.528 bits per heavy atom. The first-order valence-corrected chi connectivity index (χ1v) is 24.9. The molecule has 0 aliphatic heterocycles. The number of phenols is 1. The maximum absolute atomic E-state index is 12.4. The van der Waals surface area contributed by atoms with Crippen LogP contribution in [0, 0.1) is 6.07 Å². The number of para-hydroxylation sites is 1. The van der Waals surface area contributed by atoms with Crippen LogP contribution in [-0.2, 0) is 26.5 Å². The third kappa shape index (κ3) is 9.78. The molecule has 0 saturated carbocycles. The standard InChI is InChI=1S/C67H62N3O.Pt/c1-42(2)50-38-59(44(5)6)65(71)60(39-50)66-69-64-55(24-18-26-63(64)70(66)54-31-32-56(58(41-54)43(3)4)57-23-16-17-25-61(57)67(7,8)9)52-35-51(46-21-14-11-15-22-46)36-53(37-52)62-40-49(33-34-68-62)48-29-27-47(28-30-48)45-19-12-10-13-20-45;/h10-36,38-44,71H,1-9H3;/q-1;/i43D;. The van der Waals surface area contributed by atoms with Crippen LogP contribution in [0.5, 0.6) is 5.75 Å². The average molecular weight is 1120 g/mol. The Morgan fingerprint density at radius 3 is 1.79 bits per heavy atom. The van der Waals surface area contributed by atoms with Crippen molar-refractivity contribution in [3.63, 3.8) is 0 Å². The summed E-state index contributed by atoms with van der Waals surface area (Å²) in [4.78, 5) is 10.6. The van der Waals surface area contributed by atoms with E-state index in [2.05, 4.69) is 229 Å². The molecule has 0 fully saturated rings. The predicted octanol–water partition coefficient (Wildman–Crippen LogP) is 18.3. The van der Waals surface area contributed by atoms with Crippen LogP contribution in [0.1, 0.15) is 104 Å². The first-order chi connectivity index (χ1) is 34.5. The number of fused-ring (bicyclic) bond motifs is 1. The van der Waals surface area contributed by atoms with Crippen molar-refractivity contribution in [1.82, 2.24) is 14.5 Å². The van der Waals surface area contributed by atoms with E-state index in [1.807, 2.05) is 32.2 Å². The molecule has 72 heavy (non-hydrogen) atoms. The molecule has 2 aromatic heterocycles. The fourth-order valence-corrected chi connectivity index (χ4v) is 9.97. The van der Waals surface area contributed by atoms with Crippen molar-refractivity contribution in [1.29, 1.82) is 0 Å². The van der Waals surface area contributed by atoms with E-state index in [-0.39, 0.29) is 44.1 Å². The van der Waals surface area contributed by atoms with Crippen molar-refractivity contribution in [3.05, 3.63) is 217 Å². The van der Waals surface area contributed by atoms with Crippen LogP contribution in [-0.4, -0.2) is 19.6 Å². The summed E-state index contributed by atoms with van der Waals surface area (Å²) in [5, 5.41) is 12.4. The smallest absolute Gasteiger partial charge is 0.148 e. The summed E-state index contributed by atoms with van der Waals surface area (Å²) < 4.78 is 11.8. The minimum atomic E-state index is -0.956. The molecule has 5 heteroatoms. The molecular weight excluding hydrogens is 1060 g/mol. The van der Waals surface area contributed by atoms with E-state index in [4.69, 9.17) is 9.97 Å². The van der Waals surface area contributed by atoms with Gasteiger partial charge in [-0.25, -0.2) is 4.98 Å². The first kappa shape index (κ1) is 48.5. The second-order valence-corrected chi connectivity index (χ2v) is 20.7. The molecule has 0 aliphatic rings. The van der Waals surface area contributed by atoms with E-state index in [1.54, 1.807) is 0 Å². The number of phenolic OH excluding ortho intramolecular Hbond substituents is 1. The van der Waals surface area contributed by atoms with E-state index in [0.29, 0.717) is 11.4 Å². The molecule has 2 heterocycles. The van der Waals surface area contributed by atoms with Crippen molar-refractivity contribution in [3.8, 4) is 89.7 Å². The number of benzene rings is 8. The Labute approximate surface area is 442 Å². The van der Waals surface area contributed by atoms with Crippen LogP contribution in [0.3, 0.4) is 0 Å². The SMILES string of the molecule is [2H]C(C)(C)c1cc(-n2c(-c3cc(C(C)C)cc(C(C)C)c3O)nc3c(-c4[c-]c(-c5cc(-c6ccc(-c7ccccc7)cc6)ccn5)cc(-c5ccccc5)c4)cccc32)ccc1-c1ccccc1C(C)(C)C.[Pt].